The summed E-state index contributed by atoms with van der Waals surface area (Å²) in [6.07, 6.45) is 2.51. The second-order valence-corrected chi connectivity index (χ2v) is 8.63. The molecule has 0 aliphatic carbocycles. The zero-order valence-corrected chi connectivity index (χ0v) is 16.7. The molecule has 146 valence electrons. The Balaban J connectivity index is 1.76. The summed E-state index contributed by atoms with van der Waals surface area (Å²) < 4.78 is 28.1. The number of carbonyl (C=O) groups excluding carboxylic acids is 1. The summed E-state index contributed by atoms with van der Waals surface area (Å²) in [5.41, 5.74) is 1.41. The van der Waals surface area contributed by atoms with E-state index in [2.05, 4.69) is 28.9 Å². The first-order valence-corrected chi connectivity index (χ1v) is 10.6. The lowest BCUT2D eigenvalue weighted by Crippen LogP contribution is -2.25. The number of para-hydroxylation sites is 1. The molecular weight excluding hydrogens is 374 g/mol. The minimum absolute atomic E-state index is 0.0826. The van der Waals surface area contributed by atoms with E-state index in [1.807, 2.05) is 12.1 Å². The van der Waals surface area contributed by atoms with E-state index >= 15 is 0 Å². The highest BCUT2D eigenvalue weighted by molar-refractivity contribution is 7.92. The van der Waals surface area contributed by atoms with Crippen LogP contribution in [-0.4, -0.2) is 25.9 Å². The van der Waals surface area contributed by atoms with Crippen molar-refractivity contribution in [1.29, 1.82) is 0 Å². The van der Waals surface area contributed by atoms with Crippen molar-refractivity contribution in [3.05, 3.63) is 66.4 Å². The fourth-order valence-electron chi connectivity index (χ4n) is 2.75. The molecule has 3 rings (SSSR count). The predicted octanol–water partition coefficient (Wildman–Crippen LogP) is 3.81. The van der Waals surface area contributed by atoms with Crippen LogP contribution < -0.4 is 10.0 Å². The Kier molecular flexibility index (Phi) is 5.94. The van der Waals surface area contributed by atoms with Gasteiger partial charge in [-0.05, 0) is 48.7 Å². The lowest BCUT2D eigenvalue weighted by Gasteiger charge is -2.11. The van der Waals surface area contributed by atoms with Gasteiger partial charge in [0.2, 0.25) is 0 Å². The fourth-order valence-corrected chi connectivity index (χ4v) is 3.82. The average molecular weight is 398 g/mol. The predicted molar refractivity (Wildman–Crippen MR) is 111 cm³/mol. The number of amides is 1. The van der Waals surface area contributed by atoms with Crippen molar-refractivity contribution in [3.63, 3.8) is 0 Å². The quantitative estimate of drug-likeness (QED) is 0.634. The van der Waals surface area contributed by atoms with E-state index in [0.29, 0.717) is 29.2 Å². The fraction of sp³-hybridized carbons (Fsp3) is 0.238. The number of nitrogens with one attached hydrogen (secondary N) is 2. The zero-order valence-electron chi connectivity index (χ0n) is 15.8. The average Bonchev–Trinajstić information content (AvgIpc) is 2.68. The number of rotatable bonds is 7. The number of nitrogens with zero attached hydrogens (tertiary/aromatic N) is 1. The summed E-state index contributed by atoms with van der Waals surface area (Å²) in [4.78, 5) is 16.5. The SMILES string of the molecule is CC(C)CCNC(=O)c1ccc(S(=O)(=O)Nc2cccc3cccnc23)cc1. The molecule has 1 heterocycles. The number of anilines is 1. The third-order valence-electron chi connectivity index (χ3n) is 4.31. The van der Waals surface area contributed by atoms with Gasteiger partial charge in [0.25, 0.3) is 15.9 Å². The molecule has 28 heavy (non-hydrogen) atoms. The van der Waals surface area contributed by atoms with E-state index in [-0.39, 0.29) is 10.8 Å². The number of pyridine rings is 1. The van der Waals surface area contributed by atoms with Crippen LogP contribution in [0.4, 0.5) is 5.69 Å². The van der Waals surface area contributed by atoms with Crippen molar-refractivity contribution in [1.82, 2.24) is 10.3 Å². The Morgan fingerprint density at radius 1 is 1.04 bits per heavy atom. The molecular formula is C21H23N3O3S. The summed E-state index contributed by atoms with van der Waals surface area (Å²) in [7, 11) is -3.80. The van der Waals surface area contributed by atoms with Gasteiger partial charge in [0.15, 0.2) is 0 Å². The van der Waals surface area contributed by atoms with E-state index in [0.717, 1.165) is 11.8 Å². The van der Waals surface area contributed by atoms with Crippen LogP contribution in [0.2, 0.25) is 0 Å². The molecule has 0 fully saturated rings. The molecule has 0 saturated carbocycles. The molecule has 1 amide bonds. The summed E-state index contributed by atoms with van der Waals surface area (Å²) in [5, 5.41) is 3.68. The van der Waals surface area contributed by atoms with Gasteiger partial charge in [0, 0.05) is 23.7 Å². The number of hydrogen-bond acceptors (Lipinski definition) is 4. The number of benzene rings is 2. The Morgan fingerprint density at radius 2 is 1.75 bits per heavy atom. The summed E-state index contributed by atoms with van der Waals surface area (Å²) in [6.45, 7) is 4.76. The van der Waals surface area contributed by atoms with Gasteiger partial charge in [-0.25, -0.2) is 8.42 Å². The standard InChI is InChI=1S/C21H23N3O3S/c1-15(2)12-14-23-21(25)17-8-10-18(11-9-17)28(26,27)24-19-7-3-5-16-6-4-13-22-20(16)19/h3-11,13,15,24H,12,14H2,1-2H3,(H,23,25). The van der Waals surface area contributed by atoms with Gasteiger partial charge in [-0.15, -0.1) is 0 Å². The molecule has 0 atom stereocenters. The summed E-state index contributed by atoms with van der Waals surface area (Å²) in [6, 6.07) is 14.9. The second kappa shape index (κ2) is 8.39. The van der Waals surface area contributed by atoms with E-state index in [1.54, 1.807) is 24.4 Å². The first-order chi connectivity index (χ1) is 13.4. The normalized spacial score (nSPS) is 11.5. The molecule has 7 heteroatoms. The maximum Gasteiger partial charge on any atom is 0.261 e. The number of carbonyl (C=O) groups is 1. The van der Waals surface area contributed by atoms with E-state index in [9.17, 15) is 13.2 Å². The van der Waals surface area contributed by atoms with Gasteiger partial charge in [-0.2, -0.15) is 0 Å². The molecule has 1 aromatic heterocycles. The van der Waals surface area contributed by atoms with Gasteiger partial charge in [-0.1, -0.05) is 32.0 Å². The van der Waals surface area contributed by atoms with Gasteiger partial charge in [0.1, 0.15) is 0 Å². The molecule has 2 aromatic carbocycles. The molecule has 0 unspecified atom stereocenters. The van der Waals surface area contributed by atoms with Crippen LogP contribution in [0.3, 0.4) is 0 Å². The lowest BCUT2D eigenvalue weighted by atomic mass is 10.1. The minimum atomic E-state index is -3.80. The monoisotopic (exact) mass is 397 g/mol. The van der Waals surface area contributed by atoms with Crippen molar-refractivity contribution >= 4 is 32.5 Å². The second-order valence-electron chi connectivity index (χ2n) is 6.95. The van der Waals surface area contributed by atoms with Crippen molar-refractivity contribution in [2.24, 2.45) is 5.92 Å². The van der Waals surface area contributed by atoms with Crippen molar-refractivity contribution in [2.75, 3.05) is 11.3 Å². The molecule has 0 spiro atoms. The van der Waals surface area contributed by atoms with E-state index in [4.69, 9.17) is 0 Å². The van der Waals surface area contributed by atoms with Crippen molar-refractivity contribution in [2.45, 2.75) is 25.2 Å². The van der Waals surface area contributed by atoms with Gasteiger partial charge in [-0.3, -0.25) is 14.5 Å². The Hall–Kier alpha value is -2.93. The first-order valence-electron chi connectivity index (χ1n) is 9.11. The van der Waals surface area contributed by atoms with Crippen LogP contribution >= 0.6 is 0 Å². The molecule has 2 N–H and O–H groups in total. The topological polar surface area (TPSA) is 88.2 Å². The largest absolute Gasteiger partial charge is 0.352 e. The van der Waals surface area contributed by atoms with Crippen LogP contribution in [-0.2, 0) is 10.0 Å². The van der Waals surface area contributed by atoms with Crippen LogP contribution in [0.1, 0.15) is 30.6 Å². The number of aromatic nitrogens is 1. The molecule has 0 saturated heterocycles. The third-order valence-corrected chi connectivity index (χ3v) is 5.69. The number of hydrogen-bond donors (Lipinski definition) is 2. The highest BCUT2D eigenvalue weighted by atomic mass is 32.2. The van der Waals surface area contributed by atoms with Crippen LogP contribution in [0.25, 0.3) is 10.9 Å². The Morgan fingerprint density at radius 3 is 2.46 bits per heavy atom. The van der Waals surface area contributed by atoms with Gasteiger partial charge in [0.05, 0.1) is 16.1 Å². The molecule has 0 bridgehead atoms. The number of sulfonamides is 1. The summed E-state index contributed by atoms with van der Waals surface area (Å²) in [5.74, 6) is 0.290. The molecule has 3 aromatic rings. The Bertz CT molecular complexity index is 1070. The maximum atomic E-state index is 12.7. The highest BCUT2D eigenvalue weighted by Crippen LogP contribution is 2.24. The number of fused-ring (bicyclic) bond motifs is 1. The highest BCUT2D eigenvalue weighted by Gasteiger charge is 2.17. The van der Waals surface area contributed by atoms with Crippen molar-refractivity contribution < 1.29 is 13.2 Å². The molecule has 6 nitrogen and oxygen atoms in total. The lowest BCUT2D eigenvalue weighted by molar-refractivity contribution is 0.0952. The summed E-state index contributed by atoms with van der Waals surface area (Å²) >= 11 is 0. The van der Waals surface area contributed by atoms with Crippen LogP contribution in [0, 0.1) is 5.92 Å². The zero-order chi connectivity index (χ0) is 20.1. The van der Waals surface area contributed by atoms with Gasteiger partial charge >= 0.3 is 0 Å². The van der Waals surface area contributed by atoms with Gasteiger partial charge < -0.3 is 5.32 Å². The smallest absolute Gasteiger partial charge is 0.261 e. The molecule has 0 radical (unpaired) electrons. The maximum absolute atomic E-state index is 12.7. The van der Waals surface area contributed by atoms with E-state index < -0.39 is 10.0 Å². The molecule has 0 aliphatic rings. The van der Waals surface area contributed by atoms with Crippen molar-refractivity contribution in [3.8, 4) is 0 Å². The minimum Gasteiger partial charge on any atom is -0.352 e. The van der Waals surface area contributed by atoms with Crippen LogP contribution in [0.5, 0.6) is 0 Å². The first kappa shape index (κ1) is 19.8. The van der Waals surface area contributed by atoms with Crippen LogP contribution in [0.15, 0.2) is 65.7 Å². The molecule has 0 aliphatic heterocycles. The third kappa shape index (κ3) is 4.67. The Labute approximate surface area is 165 Å². The van der Waals surface area contributed by atoms with E-state index in [1.165, 1.54) is 24.3 Å².